The smallest absolute Gasteiger partial charge is 0.174 e. The summed E-state index contributed by atoms with van der Waals surface area (Å²) in [6.07, 6.45) is 3.70. The second-order valence-corrected chi connectivity index (χ2v) is 6.31. The highest BCUT2D eigenvalue weighted by molar-refractivity contribution is 7.99. The van der Waals surface area contributed by atoms with Gasteiger partial charge in [-0.15, -0.1) is 10.2 Å². The van der Waals surface area contributed by atoms with Crippen molar-refractivity contribution in [2.45, 2.75) is 37.5 Å². The Hall–Kier alpha value is -0.190. The van der Waals surface area contributed by atoms with Crippen molar-refractivity contribution < 1.29 is 0 Å². The maximum Gasteiger partial charge on any atom is 0.174 e. The van der Waals surface area contributed by atoms with E-state index in [1.807, 2.05) is 11.8 Å². The zero-order valence-electron chi connectivity index (χ0n) is 9.62. The Morgan fingerprint density at radius 3 is 3.00 bits per heavy atom. The Morgan fingerprint density at radius 1 is 1.41 bits per heavy atom. The van der Waals surface area contributed by atoms with Crippen LogP contribution in [0.2, 0.25) is 10.3 Å². The van der Waals surface area contributed by atoms with E-state index in [1.165, 1.54) is 19.3 Å². The Kier molecular flexibility index (Phi) is 4.77. The van der Waals surface area contributed by atoms with Crippen LogP contribution in [0.4, 0.5) is 5.69 Å². The zero-order chi connectivity index (χ0) is 12.3. The van der Waals surface area contributed by atoms with Crippen molar-refractivity contribution in [3.8, 4) is 0 Å². The second kappa shape index (κ2) is 6.12. The van der Waals surface area contributed by atoms with Gasteiger partial charge in [-0.2, -0.15) is 11.8 Å². The van der Waals surface area contributed by atoms with Gasteiger partial charge in [0.2, 0.25) is 0 Å². The van der Waals surface area contributed by atoms with Crippen molar-refractivity contribution in [3.05, 3.63) is 16.4 Å². The van der Waals surface area contributed by atoms with Gasteiger partial charge in [0, 0.05) is 17.4 Å². The van der Waals surface area contributed by atoms with Gasteiger partial charge in [0.25, 0.3) is 0 Å². The summed E-state index contributed by atoms with van der Waals surface area (Å²) in [6.45, 7) is 2.19. The molecule has 3 nitrogen and oxygen atoms in total. The van der Waals surface area contributed by atoms with Gasteiger partial charge in [0.15, 0.2) is 10.3 Å². The van der Waals surface area contributed by atoms with Crippen LogP contribution in [0.15, 0.2) is 6.07 Å². The third-order valence-electron chi connectivity index (χ3n) is 2.89. The first-order valence-corrected chi connectivity index (χ1v) is 7.58. The SMILES string of the molecule is CCSC1CCCC1Nc1cc(Cl)nnc1Cl. The molecule has 1 aliphatic carbocycles. The molecule has 0 aliphatic heterocycles. The number of nitrogens with one attached hydrogen (secondary N) is 1. The van der Waals surface area contributed by atoms with E-state index in [4.69, 9.17) is 23.2 Å². The Labute approximate surface area is 116 Å². The predicted octanol–water partition coefficient (Wildman–Crippen LogP) is 3.87. The summed E-state index contributed by atoms with van der Waals surface area (Å²) in [4.78, 5) is 0. The van der Waals surface area contributed by atoms with Crippen molar-refractivity contribution >= 4 is 40.7 Å². The number of aromatic nitrogens is 2. The van der Waals surface area contributed by atoms with Gasteiger partial charge >= 0.3 is 0 Å². The number of hydrogen-bond acceptors (Lipinski definition) is 4. The third kappa shape index (κ3) is 3.39. The van der Waals surface area contributed by atoms with E-state index in [0.717, 1.165) is 11.4 Å². The van der Waals surface area contributed by atoms with Crippen molar-refractivity contribution in [1.29, 1.82) is 0 Å². The van der Waals surface area contributed by atoms with E-state index in [0.29, 0.717) is 21.6 Å². The van der Waals surface area contributed by atoms with Crippen LogP contribution in [0.5, 0.6) is 0 Å². The van der Waals surface area contributed by atoms with Crippen LogP contribution < -0.4 is 5.32 Å². The summed E-state index contributed by atoms with van der Waals surface area (Å²) in [6, 6.07) is 2.20. The summed E-state index contributed by atoms with van der Waals surface area (Å²) in [5.74, 6) is 1.14. The van der Waals surface area contributed by atoms with Crippen molar-refractivity contribution in [3.63, 3.8) is 0 Å². The number of thioether (sulfide) groups is 1. The first-order valence-electron chi connectivity index (χ1n) is 5.77. The zero-order valence-corrected chi connectivity index (χ0v) is 11.9. The molecule has 1 fully saturated rings. The van der Waals surface area contributed by atoms with Crippen LogP contribution in [0.1, 0.15) is 26.2 Å². The molecule has 2 unspecified atom stereocenters. The minimum Gasteiger partial charge on any atom is -0.379 e. The highest BCUT2D eigenvalue weighted by Crippen LogP contribution is 2.33. The lowest BCUT2D eigenvalue weighted by Crippen LogP contribution is -2.26. The molecule has 2 atom stereocenters. The quantitative estimate of drug-likeness (QED) is 0.914. The molecule has 0 saturated heterocycles. The van der Waals surface area contributed by atoms with Gasteiger partial charge < -0.3 is 5.32 Å². The average Bonchev–Trinajstić information content (AvgIpc) is 2.72. The van der Waals surface area contributed by atoms with Crippen LogP contribution in [0, 0.1) is 0 Å². The Morgan fingerprint density at radius 2 is 2.24 bits per heavy atom. The van der Waals surface area contributed by atoms with E-state index in [1.54, 1.807) is 6.07 Å². The first kappa shape index (κ1) is 13.2. The fraction of sp³-hybridized carbons (Fsp3) is 0.636. The lowest BCUT2D eigenvalue weighted by atomic mass is 10.2. The van der Waals surface area contributed by atoms with Crippen LogP contribution >= 0.6 is 35.0 Å². The molecule has 0 amide bonds. The molecule has 0 aromatic carbocycles. The molecule has 1 aromatic rings. The van der Waals surface area contributed by atoms with Crippen LogP contribution in [0.25, 0.3) is 0 Å². The summed E-state index contributed by atoms with van der Waals surface area (Å²) in [5, 5.41) is 12.4. The minimum absolute atomic E-state index is 0.370. The monoisotopic (exact) mass is 291 g/mol. The second-order valence-electron chi connectivity index (χ2n) is 4.05. The summed E-state index contributed by atoms with van der Waals surface area (Å²) < 4.78 is 0. The standard InChI is InChI=1S/C11H15Cl2N3S/c1-2-17-9-5-3-4-7(9)14-8-6-10(12)15-16-11(8)13/h6-7,9H,2-5H2,1H3,(H,14,15). The molecule has 1 saturated carbocycles. The molecule has 1 heterocycles. The van der Waals surface area contributed by atoms with E-state index in [-0.39, 0.29) is 0 Å². The lowest BCUT2D eigenvalue weighted by molar-refractivity contribution is 0.766. The molecule has 2 rings (SSSR count). The van der Waals surface area contributed by atoms with E-state index < -0.39 is 0 Å². The van der Waals surface area contributed by atoms with Crippen molar-refractivity contribution in [2.75, 3.05) is 11.1 Å². The number of nitrogens with zero attached hydrogens (tertiary/aromatic N) is 2. The van der Waals surface area contributed by atoms with Crippen molar-refractivity contribution in [1.82, 2.24) is 10.2 Å². The maximum absolute atomic E-state index is 6.00. The molecular weight excluding hydrogens is 277 g/mol. The number of rotatable bonds is 4. The summed E-state index contributed by atoms with van der Waals surface area (Å²) >= 11 is 13.8. The predicted molar refractivity (Wildman–Crippen MR) is 75.2 cm³/mol. The van der Waals surface area contributed by atoms with Crippen LogP contribution in [-0.4, -0.2) is 27.2 Å². The molecule has 94 valence electrons. The van der Waals surface area contributed by atoms with Gasteiger partial charge in [0.1, 0.15) is 0 Å². The van der Waals surface area contributed by atoms with Gasteiger partial charge in [-0.05, 0) is 18.6 Å². The van der Waals surface area contributed by atoms with Crippen LogP contribution in [-0.2, 0) is 0 Å². The minimum atomic E-state index is 0.370. The van der Waals surface area contributed by atoms with E-state index >= 15 is 0 Å². The molecular formula is C11H15Cl2N3S. The molecule has 0 spiro atoms. The molecule has 0 bridgehead atoms. The van der Waals surface area contributed by atoms with Gasteiger partial charge in [0.05, 0.1) is 5.69 Å². The highest BCUT2D eigenvalue weighted by atomic mass is 35.5. The number of hydrogen-bond donors (Lipinski definition) is 1. The van der Waals surface area contributed by atoms with E-state index in [2.05, 4.69) is 22.4 Å². The normalized spacial score (nSPS) is 23.9. The highest BCUT2D eigenvalue weighted by Gasteiger charge is 2.27. The molecule has 1 aromatic heterocycles. The van der Waals surface area contributed by atoms with Crippen LogP contribution in [0.3, 0.4) is 0 Å². The lowest BCUT2D eigenvalue weighted by Gasteiger charge is -2.21. The number of halogens is 2. The molecule has 6 heteroatoms. The van der Waals surface area contributed by atoms with Gasteiger partial charge in [-0.1, -0.05) is 36.5 Å². The molecule has 17 heavy (non-hydrogen) atoms. The summed E-state index contributed by atoms with van der Waals surface area (Å²) in [5.41, 5.74) is 0.792. The Balaban J connectivity index is 2.06. The van der Waals surface area contributed by atoms with Crippen molar-refractivity contribution in [2.24, 2.45) is 0 Å². The molecule has 1 N–H and O–H groups in total. The largest absolute Gasteiger partial charge is 0.379 e. The first-order chi connectivity index (χ1) is 8.20. The van der Waals surface area contributed by atoms with Gasteiger partial charge in [-0.3, -0.25) is 0 Å². The molecule has 0 radical (unpaired) electrons. The topological polar surface area (TPSA) is 37.8 Å². The molecule has 1 aliphatic rings. The third-order valence-corrected chi connectivity index (χ3v) is 4.68. The fourth-order valence-electron chi connectivity index (χ4n) is 2.16. The average molecular weight is 292 g/mol. The number of anilines is 1. The van der Waals surface area contributed by atoms with E-state index in [9.17, 15) is 0 Å². The summed E-state index contributed by atoms with van der Waals surface area (Å²) in [7, 11) is 0. The Bertz CT molecular complexity index is 389. The fourth-order valence-corrected chi connectivity index (χ4v) is 3.65. The maximum atomic E-state index is 6.00. The van der Waals surface area contributed by atoms with Gasteiger partial charge in [-0.25, -0.2) is 0 Å².